The van der Waals surface area contributed by atoms with Crippen molar-refractivity contribution in [3.05, 3.63) is 56.7 Å². The van der Waals surface area contributed by atoms with Crippen LogP contribution in [0.2, 0.25) is 0 Å². The fraction of sp³-hybridized carbons (Fsp3) is 0.286. The maximum Gasteiger partial charge on any atom is 0.174 e. The molecule has 0 aliphatic rings. The molecule has 0 heterocycles. The molecule has 4 heteroatoms. The van der Waals surface area contributed by atoms with Crippen LogP contribution < -0.4 is 9.47 Å². The average molecular weight is 447 g/mol. The van der Waals surface area contributed by atoms with E-state index in [4.69, 9.17) is 9.47 Å². The molecule has 0 radical (unpaired) electrons. The molecule has 0 unspecified atom stereocenters. The zero-order valence-corrected chi connectivity index (χ0v) is 17.0. The van der Waals surface area contributed by atoms with E-state index < -0.39 is 0 Å². The number of nitriles is 1. The molecule has 3 nitrogen and oxygen atoms in total. The zero-order valence-electron chi connectivity index (χ0n) is 14.8. The van der Waals surface area contributed by atoms with Crippen LogP contribution in [0.1, 0.15) is 37.0 Å². The van der Waals surface area contributed by atoms with Gasteiger partial charge in [0.1, 0.15) is 0 Å². The molecule has 0 bridgehead atoms. The van der Waals surface area contributed by atoms with E-state index in [-0.39, 0.29) is 0 Å². The van der Waals surface area contributed by atoms with E-state index >= 15 is 0 Å². The maximum absolute atomic E-state index is 9.55. The SMILES string of the molecule is CCCOc1c(I)cc(/C=C(\C#N)c2ccc(C)cc2)cc1OCC. The molecule has 0 N–H and O–H groups in total. The van der Waals surface area contributed by atoms with Gasteiger partial charge < -0.3 is 9.47 Å². The summed E-state index contributed by atoms with van der Waals surface area (Å²) in [7, 11) is 0. The van der Waals surface area contributed by atoms with Gasteiger partial charge in [-0.25, -0.2) is 0 Å². The van der Waals surface area contributed by atoms with Gasteiger partial charge in [0, 0.05) is 0 Å². The number of benzene rings is 2. The summed E-state index contributed by atoms with van der Waals surface area (Å²) in [6.45, 7) is 7.27. The van der Waals surface area contributed by atoms with Gasteiger partial charge in [-0.15, -0.1) is 0 Å². The van der Waals surface area contributed by atoms with Gasteiger partial charge in [-0.1, -0.05) is 36.8 Å². The molecule has 0 spiro atoms. The molecule has 0 saturated carbocycles. The monoisotopic (exact) mass is 447 g/mol. The lowest BCUT2D eigenvalue weighted by atomic mass is 10.0. The van der Waals surface area contributed by atoms with E-state index in [9.17, 15) is 5.26 Å². The van der Waals surface area contributed by atoms with Gasteiger partial charge in [-0.2, -0.15) is 5.26 Å². The Kier molecular flexibility index (Phi) is 7.32. The van der Waals surface area contributed by atoms with E-state index in [1.54, 1.807) is 0 Å². The normalized spacial score (nSPS) is 11.1. The van der Waals surface area contributed by atoms with E-state index in [2.05, 4.69) is 35.6 Å². The summed E-state index contributed by atoms with van der Waals surface area (Å²) < 4.78 is 12.6. The highest BCUT2D eigenvalue weighted by molar-refractivity contribution is 14.1. The molecule has 0 aliphatic carbocycles. The fourth-order valence-electron chi connectivity index (χ4n) is 2.36. The third kappa shape index (κ3) is 5.23. The second-order valence-corrected chi connectivity index (χ2v) is 6.81. The van der Waals surface area contributed by atoms with Gasteiger partial charge in [0.15, 0.2) is 11.5 Å². The lowest BCUT2D eigenvalue weighted by molar-refractivity contribution is 0.275. The molecule has 0 aromatic heterocycles. The molecular formula is C21H22INO2. The first kappa shape index (κ1) is 19.3. The minimum atomic E-state index is 0.564. The Hall–Kier alpha value is -2.00. The highest BCUT2D eigenvalue weighted by atomic mass is 127. The van der Waals surface area contributed by atoms with E-state index in [1.165, 1.54) is 5.56 Å². The van der Waals surface area contributed by atoms with Crippen LogP contribution in [0.3, 0.4) is 0 Å². The number of ether oxygens (including phenoxy) is 2. The summed E-state index contributed by atoms with van der Waals surface area (Å²) in [6.07, 6.45) is 2.83. The summed E-state index contributed by atoms with van der Waals surface area (Å²) in [6, 6.07) is 14.2. The second kappa shape index (κ2) is 9.47. The molecule has 0 atom stereocenters. The Morgan fingerprint density at radius 1 is 1.16 bits per heavy atom. The number of halogens is 1. The van der Waals surface area contributed by atoms with Gasteiger partial charge >= 0.3 is 0 Å². The third-order valence-electron chi connectivity index (χ3n) is 3.58. The van der Waals surface area contributed by atoms with Crippen LogP contribution in [0.15, 0.2) is 36.4 Å². The van der Waals surface area contributed by atoms with Gasteiger partial charge in [0.05, 0.1) is 28.4 Å². The van der Waals surface area contributed by atoms with Crippen molar-refractivity contribution in [3.8, 4) is 17.6 Å². The molecule has 2 rings (SSSR count). The van der Waals surface area contributed by atoms with Crippen LogP contribution in [0, 0.1) is 21.8 Å². The van der Waals surface area contributed by atoms with Gasteiger partial charge in [0.2, 0.25) is 0 Å². The lowest BCUT2D eigenvalue weighted by Crippen LogP contribution is -2.02. The van der Waals surface area contributed by atoms with Crippen LogP contribution in [0.5, 0.6) is 11.5 Å². The van der Waals surface area contributed by atoms with E-state index in [0.717, 1.165) is 32.6 Å². The summed E-state index contributed by atoms with van der Waals surface area (Å²) in [5.74, 6) is 1.49. The van der Waals surface area contributed by atoms with Crippen molar-refractivity contribution >= 4 is 34.2 Å². The minimum absolute atomic E-state index is 0.564. The topological polar surface area (TPSA) is 42.2 Å². The van der Waals surface area contributed by atoms with Crippen molar-refractivity contribution < 1.29 is 9.47 Å². The van der Waals surface area contributed by atoms with Gasteiger partial charge in [-0.05, 0) is 72.2 Å². The number of hydrogen-bond donors (Lipinski definition) is 0. The molecule has 25 heavy (non-hydrogen) atoms. The number of allylic oxidation sites excluding steroid dienone is 1. The summed E-state index contributed by atoms with van der Waals surface area (Å²) >= 11 is 2.25. The fourth-order valence-corrected chi connectivity index (χ4v) is 3.14. The molecule has 0 aliphatic heterocycles. The van der Waals surface area contributed by atoms with Crippen molar-refractivity contribution in [2.75, 3.05) is 13.2 Å². The molecule has 2 aromatic carbocycles. The minimum Gasteiger partial charge on any atom is -0.490 e. The Morgan fingerprint density at radius 2 is 1.88 bits per heavy atom. The van der Waals surface area contributed by atoms with Crippen LogP contribution >= 0.6 is 22.6 Å². The maximum atomic E-state index is 9.55. The first-order valence-corrected chi connectivity index (χ1v) is 9.44. The van der Waals surface area contributed by atoms with Crippen molar-refractivity contribution in [1.29, 1.82) is 5.26 Å². The lowest BCUT2D eigenvalue weighted by Gasteiger charge is -2.14. The molecule has 130 valence electrons. The summed E-state index contributed by atoms with van der Waals surface area (Å²) in [5.41, 5.74) is 3.63. The molecule has 2 aromatic rings. The Balaban J connectivity index is 2.43. The van der Waals surface area contributed by atoms with E-state index in [1.807, 2.05) is 56.3 Å². The predicted molar refractivity (Wildman–Crippen MR) is 111 cm³/mol. The largest absolute Gasteiger partial charge is 0.490 e. The first-order chi connectivity index (χ1) is 12.1. The Labute approximate surface area is 163 Å². The summed E-state index contributed by atoms with van der Waals surface area (Å²) in [5, 5.41) is 9.55. The van der Waals surface area contributed by atoms with Crippen LogP contribution in [0.25, 0.3) is 11.6 Å². The van der Waals surface area contributed by atoms with Crippen molar-refractivity contribution in [2.45, 2.75) is 27.2 Å². The number of nitrogens with zero attached hydrogens (tertiary/aromatic N) is 1. The molecule has 0 fully saturated rings. The second-order valence-electron chi connectivity index (χ2n) is 5.65. The average Bonchev–Trinajstić information content (AvgIpc) is 2.60. The predicted octanol–water partition coefficient (Wildman–Crippen LogP) is 5.85. The Bertz CT molecular complexity index is 789. The van der Waals surface area contributed by atoms with Crippen LogP contribution in [-0.2, 0) is 0 Å². The number of hydrogen-bond acceptors (Lipinski definition) is 3. The van der Waals surface area contributed by atoms with Gasteiger partial charge in [-0.3, -0.25) is 0 Å². The number of rotatable bonds is 7. The standard InChI is InChI=1S/C21H22INO2/c1-4-10-25-21-19(22)12-16(13-20(21)24-5-2)11-18(14-23)17-8-6-15(3)7-9-17/h6-9,11-13H,4-5,10H2,1-3H3/b18-11+. The highest BCUT2D eigenvalue weighted by Gasteiger charge is 2.12. The third-order valence-corrected chi connectivity index (χ3v) is 4.38. The molecule has 0 saturated heterocycles. The quantitative estimate of drug-likeness (QED) is 0.304. The van der Waals surface area contributed by atoms with Crippen molar-refractivity contribution in [1.82, 2.24) is 0 Å². The van der Waals surface area contributed by atoms with Crippen LogP contribution in [0.4, 0.5) is 0 Å². The first-order valence-electron chi connectivity index (χ1n) is 8.37. The summed E-state index contributed by atoms with van der Waals surface area (Å²) in [4.78, 5) is 0. The molecule has 0 amide bonds. The van der Waals surface area contributed by atoms with Gasteiger partial charge in [0.25, 0.3) is 0 Å². The van der Waals surface area contributed by atoms with Crippen LogP contribution in [-0.4, -0.2) is 13.2 Å². The van der Waals surface area contributed by atoms with Crippen molar-refractivity contribution in [2.24, 2.45) is 0 Å². The Morgan fingerprint density at radius 3 is 2.48 bits per heavy atom. The smallest absolute Gasteiger partial charge is 0.174 e. The highest BCUT2D eigenvalue weighted by Crippen LogP contribution is 2.35. The van der Waals surface area contributed by atoms with Crippen molar-refractivity contribution in [3.63, 3.8) is 0 Å². The molecular weight excluding hydrogens is 425 g/mol. The number of aryl methyl sites for hydroxylation is 1. The van der Waals surface area contributed by atoms with E-state index in [0.29, 0.717) is 18.8 Å². The zero-order chi connectivity index (χ0) is 18.2.